The number of carbonyl (C=O) groups excluding carboxylic acids is 1. The van der Waals surface area contributed by atoms with Gasteiger partial charge in [-0.2, -0.15) is 0 Å². The van der Waals surface area contributed by atoms with Crippen molar-refractivity contribution in [3.05, 3.63) is 33.8 Å². The molecule has 86 valence electrons. The van der Waals surface area contributed by atoms with Crippen LogP contribution in [0.3, 0.4) is 0 Å². The predicted octanol–water partition coefficient (Wildman–Crippen LogP) is 1.93. The van der Waals surface area contributed by atoms with Crippen LogP contribution in [0.5, 0.6) is 0 Å². The third-order valence-electron chi connectivity index (χ3n) is 2.53. The van der Waals surface area contributed by atoms with Gasteiger partial charge in [-0.1, -0.05) is 29.3 Å². The van der Waals surface area contributed by atoms with Crippen molar-refractivity contribution in [2.24, 2.45) is 0 Å². The van der Waals surface area contributed by atoms with Crippen LogP contribution in [0.4, 0.5) is 0 Å². The molecule has 0 unspecified atom stereocenters. The molecule has 0 spiro atoms. The van der Waals surface area contributed by atoms with Gasteiger partial charge < -0.3 is 5.32 Å². The largest absolute Gasteiger partial charge is 0.354 e. The fourth-order valence-electron chi connectivity index (χ4n) is 1.72. The van der Waals surface area contributed by atoms with Crippen molar-refractivity contribution >= 4 is 29.1 Å². The number of rotatable bonds is 2. The quantitative estimate of drug-likeness (QED) is 0.880. The third-order valence-corrected chi connectivity index (χ3v) is 3.11. The highest BCUT2D eigenvalue weighted by molar-refractivity contribution is 6.35. The standard InChI is InChI=1S/C11H12Cl2N2O/c12-9-2-1-8(10(13)5-9)6-15-4-3-14-11(16)7-15/h1-2,5H,3-4,6-7H2,(H,14,16). The summed E-state index contributed by atoms with van der Waals surface area (Å²) >= 11 is 11.9. The molecular formula is C11H12Cl2N2O. The van der Waals surface area contributed by atoms with E-state index in [0.29, 0.717) is 29.7 Å². The summed E-state index contributed by atoms with van der Waals surface area (Å²) in [6.45, 7) is 2.66. The van der Waals surface area contributed by atoms with Gasteiger partial charge in [0.1, 0.15) is 0 Å². The summed E-state index contributed by atoms with van der Waals surface area (Å²) in [4.78, 5) is 13.3. The van der Waals surface area contributed by atoms with E-state index in [4.69, 9.17) is 23.2 Å². The average molecular weight is 259 g/mol. The van der Waals surface area contributed by atoms with Gasteiger partial charge in [-0.25, -0.2) is 0 Å². The monoisotopic (exact) mass is 258 g/mol. The minimum absolute atomic E-state index is 0.0661. The molecule has 1 aromatic carbocycles. The topological polar surface area (TPSA) is 32.3 Å². The van der Waals surface area contributed by atoms with E-state index in [-0.39, 0.29) is 5.91 Å². The Hall–Kier alpha value is -0.770. The molecule has 0 aliphatic carbocycles. The van der Waals surface area contributed by atoms with Crippen molar-refractivity contribution in [1.29, 1.82) is 0 Å². The second kappa shape index (κ2) is 5.04. The fourth-order valence-corrected chi connectivity index (χ4v) is 2.19. The maximum Gasteiger partial charge on any atom is 0.234 e. The molecule has 0 saturated carbocycles. The molecule has 1 heterocycles. The Kier molecular flexibility index (Phi) is 3.69. The number of amides is 1. The van der Waals surface area contributed by atoms with Crippen LogP contribution in [0.15, 0.2) is 18.2 Å². The molecule has 1 saturated heterocycles. The summed E-state index contributed by atoms with van der Waals surface area (Å²) < 4.78 is 0. The molecule has 5 heteroatoms. The summed E-state index contributed by atoms with van der Waals surface area (Å²) in [6.07, 6.45) is 0. The van der Waals surface area contributed by atoms with Crippen molar-refractivity contribution in [3.8, 4) is 0 Å². The lowest BCUT2D eigenvalue weighted by molar-refractivity contribution is -0.124. The van der Waals surface area contributed by atoms with Crippen LogP contribution in [-0.2, 0) is 11.3 Å². The number of benzene rings is 1. The zero-order chi connectivity index (χ0) is 11.5. The number of piperazine rings is 1. The normalized spacial score (nSPS) is 17.2. The zero-order valence-corrected chi connectivity index (χ0v) is 10.2. The molecule has 1 amide bonds. The molecule has 0 aromatic heterocycles. The van der Waals surface area contributed by atoms with E-state index >= 15 is 0 Å². The molecular weight excluding hydrogens is 247 g/mol. The lowest BCUT2D eigenvalue weighted by atomic mass is 10.2. The number of nitrogens with zero attached hydrogens (tertiary/aromatic N) is 1. The highest BCUT2D eigenvalue weighted by atomic mass is 35.5. The first-order chi connectivity index (χ1) is 7.65. The molecule has 2 rings (SSSR count). The van der Waals surface area contributed by atoms with E-state index in [1.165, 1.54) is 0 Å². The van der Waals surface area contributed by atoms with Crippen LogP contribution in [0.25, 0.3) is 0 Å². The van der Waals surface area contributed by atoms with E-state index in [1.807, 2.05) is 12.1 Å². The van der Waals surface area contributed by atoms with Gasteiger partial charge in [-0.15, -0.1) is 0 Å². The van der Waals surface area contributed by atoms with E-state index in [2.05, 4.69) is 10.2 Å². The average Bonchev–Trinajstić information content (AvgIpc) is 2.22. The van der Waals surface area contributed by atoms with Crippen LogP contribution in [-0.4, -0.2) is 30.4 Å². The molecule has 1 aliphatic heterocycles. The Morgan fingerprint density at radius 2 is 2.19 bits per heavy atom. The van der Waals surface area contributed by atoms with E-state index < -0.39 is 0 Å². The van der Waals surface area contributed by atoms with Crippen LogP contribution in [0.2, 0.25) is 10.0 Å². The smallest absolute Gasteiger partial charge is 0.234 e. The molecule has 0 bridgehead atoms. The highest BCUT2D eigenvalue weighted by Crippen LogP contribution is 2.22. The number of carbonyl (C=O) groups is 1. The Morgan fingerprint density at radius 3 is 2.88 bits per heavy atom. The van der Waals surface area contributed by atoms with Crippen LogP contribution in [0, 0.1) is 0 Å². The fraction of sp³-hybridized carbons (Fsp3) is 0.364. The molecule has 1 aromatic rings. The van der Waals surface area contributed by atoms with E-state index in [0.717, 1.165) is 12.1 Å². The van der Waals surface area contributed by atoms with Crippen LogP contribution in [0.1, 0.15) is 5.56 Å². The van der Waals surface area contributed by atoms with E-state index in [1.54, 1.807) is 6.07 Å². The first-order valence-corrected chi connectivity index (χ1v) is 5.84. The predicted molar refractivity (Wildman–Crippen MR) is 64.7 cm³/mol. The maximum absolute atomic E-state index is 11.2. The molecule has 1 aliphatic rings. The number of hydrogen-bond donors (Lipinski definition) is 1. The maximum atomic E-state index is 11.2. The molecule has 1 N–H and O–H groups in total. The summed E-state index contributed by atoms with van der Waals surface area (Å²) in [5.41, 5.74) is 1.00. The second-order valence-corrected chi connectivity index (χ2v) is 4.64. The molecule has 0 atom stereocenters. The van der Waals surface area contributed by atoms with Crippen molar-refractivity contribution < 1.29 is 4.79 Å². The SMILES string of the molecule is O=C1CN(Cc2ccc(Cl)cc2Cl)CCN1. The first kappa shape index (κ1) is 11.7. The Bertz CT molecular complexity index is 409. The van der Waals surface area contributed by atoms with Gasteiger partial charge in [-0.05, 0) is 17.7 Å². The van der Waals surface area contributed by atoms with Crippen molar-refractivity contribution in [1.82, 2.24) is 10.2 Å². The number of hydrogen-bond acceptors (Lipinski definition) is 2. The Balaban J connectivity index is 2.05. The van der Waals surface area contributed by atoms with Gasteiger partial charge in [0.15, 0.2) is 0 Å². The van der Waals surface area contributed by atoms with E-state index in [9.17, 15) is 4.79 Å². The number of nitrogens with one attached hydrogen (secondary N) is 1. The van der Waals surface area contributed by atoms with Crippen molar-refractivity contribution in [2.75, 3.05) is 19.6 Å². The van der Waals surface area contributed by atoms with Crippen molar-refractivity contribution in [3.63, 3.8) is 0 Å². The molecule has 16 heavy (non-hydrogen) atoms. The van der Waals surface area contributed by atoms with Crippen LogP contribution < -0.4 is 5.32 Å². The van der Waals surface area contributed by atoms with Gasteiger partial charge in [0.25, 0.3) is 0 Å². The molecule has 3 nitrogen and oxygen atoms in total. The lowest BCUT2D eigenvalue weighted by Gasteiger charge is -2.26. The number of halogens is 2. The van der Waals surface area contributed by atoms with Gasteiger partial charge >= 0.3 is 0 Å². The van der Waals surface area contributed by atoms with Crippen LogP contribution >= 0.6 is 23.2 Å². The summed E-state index contributed by atoms with van der Waals surface area (Å²) in [5.74, 6) is 0.0661. The summed E-state index contributed by atoms with van der Waals surface area (Å²) in [6, 6.07) is 5.44. The minimum Gasteiger partial charge on any atom is -0.354 e. The third kappa shape index (κ3) is 2.88. The summed E-state index contributed by atoms with van der Waals surface area (Å²) in [7, 11) is 0. The lowest BCUT2D eigenvalue weighted by Crippen LogP contribution is -2.47. The van der Waals surface area contributed by atoms with Gasteiger partial charge in [0, 0.05) is 29.7 Å². The van der Waals surface area contributed by atoms with Crippen molar-refractivity contribution in [2.45, 2.75) is 6.54 Å². The highest BCUT2D eigenvalue weighted by Gasteiger charge is 2.16. The minimum atomic E-state index is 0.0661. The summed E-state index contributed by atoms with van der Waals surface area (Å²) in [5, 5.41) is 4.07. The molecule has 0 radical (unpaired) electrons. The van der Waals surface area contributed by atoms with Gasteiger partial charge in [0.2, 0.25) is 5.91 Å². The second-order valence-electron chi connectivity index (χ2n) is 3.80. The van der Waals surface area contributed by atoms with Gasteiger partial charge in [0.05, 0.1) is 6.54 Å². The Labute approximate surface area is 104 Å². The first-order valence-electron chi connectivity index (χ1n) is 5.08. The molecule has 1 fully saturated rings. The van der Waals surface area contributed by atoms with Gasteiger partial charge in [-0.3, -0.25) is 9.69 Å². The zero-order valence-electron chi connectivity index (χ0n) is 8.67. The Morgan fingerprint density at radius 1 is 1.38 bits per heavy atom.